The lowest BCUT2D eigenvalue weighted by atomic mass is 10.9. The summed E-state index contributed by atoms with van der Waals surface area (Å²) in [5.74, 6) is 0. The minimum atomic E-state index is 0.540. The molecule has 0 heterocycles. The van der Waals surface area contributed by atoms with Gasteiger partial charge in [0.1, 0.15) is 4.32 Å². The highest BCUT2D eigenvalue weighted by atomic mass is 32.1. The quantitative estimate of drug-likeness (QED) is 0.335. The van der Waals surface area contributed by atoms with Crippen LogP contribution < -0.4 is 5.32 Å². The number of thiocarbonyl (C=S) groups is 1. The van der Waals surface area contributed by atoms with Gasteiger partial charge in [0.2, 0.25) is 0 Å². The first-order valence-electron chi connectivity index (χ1n) is 2.24. The number of hydrogen-bond donors (Lipinski definition) is 2. The summed E-state index contributed by atoms with van der Waals surface area (Å²) >= 11 is 8.51. The lowest BCUT2D eigenvalue weighted by Crippen LogP contribution is -2.29. The van der Waals surface area contributed by atoms with Crippen molar-refractivity contribution < 1.29 is 0 Å². The van der Waals surface area contributed by atoms with Crippen molar-refractivity contribution in [2.24, 2.45) is 0 Å². The van der Waals surface area contributed by atoms with Crippen molar-refractivity contribution in [2.75, 3.05) is 20.8 Å². The first-order valence-corrected chi connectivity index (χ1v) is 3.10. The summed E-state index contributed by atoms with van der Waals surface area (Å²) in [6, 6.07) is 0. The van der Waals surface area contributed by atoms with Crippen LogP contribution in [0.25, 0.3) is 0 Å². The summed E-state index contributed by atoms with van der Waals surface area (Å²) in [6.45, 7) is 0.752. The molecular weight excluding hydrogens is 140 g/mol. The third-order valence-electron chi connectivity index (χ3n) is 0.547. The zero-order valence-corrected chi connectivity index (χ0v) is 6.72. The van der Waals surface area contributed by atoms with E-state index < -0.39 is 0 Å². The molecule has 0 spiro atoms. The highest BCUT2D eigenvalue weighted by molar-refractivity contribution is 8.11. The fourth-order valence-electron chi connectivity index (χ4n) is 0.226. The standard InChI is InChI=1S/C4H10N2S2/c1-6(2)3-5-4(7)8/h3H2,1-2H3,(H2,5,7,8). The predicted octanol–water partition coefficient (Wildman–Crippen LogP) is 0.310. The smallest absolute Gasteiger partial charge is 0.131 e. The normalized spacial score (nSPS) is 9.50. The Hall–Kier alpha value is 0.200. The van der Waals surface area contributed by atoms with E-state index in [1.807, 2.05) is 19.0 Å². The largest absolute Gasteiger partial charge is 0.358 e. The Morgan fingerprint density at radius 3 is 2.38 bits per heavy atom. The van der Waals surface area contributed by atoms with Crippen LogP contribution in [-0.2, 0) is 0 Å². The van der Waals surface area contributed by atoms with Gasteiger partial charge >= 0.3 is 0 Å². The summed E-state index contributed by atoms with van der Waals surface area (Å²) in [7, 11) is 3.91. The fourth-order valence-corrected chi connectivity index (χ4v) is 0.361. The van der Waals surface area contributed by atoms with Crippen LogP contribution >= 0.6 is 24.8 Å². The van der Waals surface area contributed by atoms with E-state index >= 15 is 0 Å². The molecule has 0 unspecified atom stereocenters. The predicted molar refractivity (Wildman–Crippen MR) is 43.3 cm³/mol. The van der Waals surface area contributed by atoms with Crippen LogP contribution in [0.2, 0.25) is 0 Å². The monoisotopic (exact) mass is 150 g/mol. The summed E-state index contributed by atoms with van der Waals surface area (Å²) in [5, 5.41) is 2.87. The van der Waals surface area contributed by atoms with Crippen LogP contribution in [-0.4, -0.2) is 30.0 Å². The molecule has 8 heavy (non-hydrogen) atoms. The van der Waals surface area contributed by atoms with Gasteiger partial charge in [0.05, 0.1) is 6.67 Å². The molecule has 4 heteroatoms. The Kier molecular flexibility index (Phi) is 4.22. The summed E-state index contributed by atoms with van der Waals surface area (Å²) in [5.41, 5.74) is 0. The Balaban J connectivity index is 3.05. The van der Waals surface area contributed by atoms with E-state index in [4.69, 9.17) is 0 Å². The average Bonchev–Trinajstić information content (AvgIpc) is 1.61. The number of nitrogens with one attached hydrogen (secondary N) is 1. The van der Waals surface area contributed by atoms with Gasteiger partial charge in [-0.3, -0.25) is 4.90 Å². The van der Waals surface area contributed by atoms with Crippen LogP contribution in [0.3, 0.4) is 0 Å². The van der Waals surface area contributed by atoms with Gasteiger partial charge in [0.25, 0.3) is 0 Å². The minimum Gasteiger partial charge on any atom is -0.358 e. The molecule has 0 amide bonds. The van der Waals surface area contributed by atoms with Gasteiger partial charge in [-0.05, 0) is 14.1 Å². The molecule has 48 valence electrons. The summed E-state index contributed by atoms with van der Waals surface area (Å²) in [4.78, 5) is 1.97. The van der Waals surface area contributed by atoms with E-state index in [-0.39, 0.29) is 0 Å². The number of thiol groups is 1. The molecule has 0 atom stereocenters. The maximum atomic E-state index is 4.64. The van der Waals surface area contributed by atoms with Gasteiger partial charge < -0.3 is 5.32 Å². The maximum absolute atomic E-state index is 4.64. The van der Waals surface area contributed by atoms with Gasteiger partial charge in [0, 0.05) is 0 Å². The number of rotatable bonds is 2. The molecule has 0 aromatic rings. The highest BCUT2D eigenvalue weighted by Gasteiger charge is 1.86. The first kappa shape index (κ1) is 8.20. The van der Waals surface area contributed by atoms with Crippen LogP contribution in [0.5, 0.6) is 0 Å². The van der Waals surface area contributed by atoms with Gasteiger partial charge in [-0.1, -0.05) is 12.2 Å². The molecule has 0 fully saturated rings. The van der Waals surface area contributed by atoms with Crippen molar-refractivity contribution >= 4 is 29.2 Å². The second-order valence-corrected chi connectivity index (χ2v) is 2.88. The second-order valence-electron chi connectivity index (χ2n) is 1.72. The minimum absolute atomic E-state index is 0.540. The molecule has 0 bridgehead atoms. The number of hydrogen-bond acceptors (Lipinski definition) is 2. The molecule has 0 aromatic heterocycles. The molecule has 0 saturated heterocycles. The topological polar surface area (TPSA) is 15.3 Å². The van der Waals surface area contributed by atoms with Crippen molar-refractivity contribution in [3.63, 3.8) is 0 Å². The van der Waals surface area contributed by atoms with E-state index in [0.29, 0.717) is 4.32 Å². The van der Waals surface area contributed by atoms with Crippen molar-refractivity contribution in [3.8, 4) is 0 Å². The van der Waals surface area contributed by atoms with E-state index in [9.17, 15) is 0 Å². The molecule has 0 saturated carbocycles. The van der Waals surface area contributed by atoms with E-state index in [1.165, 1.54) is 0 Å². The van der Waals surface area contributed by atoms with Gasteiger partial charge in [-0.25, -0.2) is 0 Å². The molecule has 0 rings (SSSR count). The van der Waals surface area contributed by atoms with Crippen LogP contribution in [0, 0.1) is 0 Å². The van der Waals surface area contributed by atoms with E-state index in [0.717, 1.165) is 6.67 Å². The fraction of sp³-hybridized carbons (Fsp3) is 0.750. The van der Waals surface area contributed by atoms with E-state index in [1.54, 1.807) is 0 Å². The highest BCUT2D eigenvalue weighted by Crippen LogP contribution is 1.76. The SMILES string of the molecule is CN(C)CNC(=S)S. The second kappa shape index (κ2) is 4.12. The molecule has 0 aromatic carbocycles. The lowest BCUT2D eigenvalue weighted by Gasteiger charge is -2.09. The van der Waals surface area contributed by atoms with Crippen LogP contribution in [0.1, 0.15) is 0 Å². The molecule has 0 aliphatic heterocycles. The van der Waals surface area contributed by atoms with Crippen molar-refractivity contribution in [1.82, 2.24) is 10.2 Å². The van der Waals surface area contributed by atoms with Gasteiger partial charge in [-0.15, -0.1) is 12.6 Å². The Morgan fingerprint density at radius 2 is 2.25 bits per heavy atom. The van der Waals surface area contributed by atoms with E-state index in [2.05, 4.69) is 30.2 Å². The Labute approximate surface area is 60.7 Å². The zero-order valence-electron chi connectivity index (χ0n) is 5.01. The summed E-state index contributed by atoms with van der Waals surface area (Å²) < 4.78 is 0.540. The van der Waals surface area contributed by atoms with Gasteiger partial charge in [-0.2, -0.15) is 0 Å². The Bertz CT molecular complexity index is 82.1. The molecular formula is C4H10N2S2. The number of nitrogens with zero attached hydrogens (tertiary/aromatic N) is 1. The van der Waals surface area contributed by atoms with Gasteiger partial charge in [0.15, 0.2) is 0 Å². The van der Waals surface area contributed by atoms with Crippen LogP contribution in [0.15, 0.2) is 0 Å². The Morgan fingerprint density at radius 1 is 1.75 bits per heavy atom. The maximum Gasteiger partial charge on any atom is 0.131 e. The molecule has 0 aliphatic rings. The average molecular weight is 150 g/mol. The first-order chi connectivity index (χ1) is 3.63. The molecule has 0 radical (unpaired) electrons. The lowest BCUT2D eigenvalue weighted by molar-refractivity contribution is 0.402. The van der Waals surface area contributed by atoms with Crippen molar-refractivity contribution in [2.45, 2.75) is 0 Å². The molecule has 0 aliphatic carbocycles. The third kappa shape index (κ3) is 6.20. The third-order valence-corrected chi connectivity index (χ3v) is 0.849. The van der Waals surface area contributed by atoms with Crippen molar-refractivity contribution in [3.05, 3.63) is 0 Å². The van der Waals surface area contributed by atoms with Crippen LogP contribution in [0.4, 0.5) is 0 Å². The molecule has 2 nitrogen and oxygen atoms in total. The van der Waals surface area contributed by atoms with Crippen molar-refractivity contribution in [1.29, 1.82) is 0 Å². The summed E-state index contributed by atoms with van der Waals surface area (Å²) in [6.07, 6.45) is 0. The molecule has 1 N–H and O–H groups in total. The zero-order chi connectivity index (χ0) is 6.57.